The van der Waals surface area contributed by atoms with E-state index in [0.717, 1.165) is 0 Å². The van der Waals surface area contributed by atoms with E-state index in [1.54, 1.807) is 31.2 Å². The summed E-state index contributed by atoms with van der Waals surface area (Å²) in [7, 11) is 0. The Morgan fingerprint density at radius 2 is 1.50 bits per heavy atom. The highest BCUT2D eigenvalue weighted by atomic mass is 16.3. The fourth-order valence-corrected chi connectivity index (χ4v) is 1.52. The number of aliphatic hydroxyl groups excluding tert-OH is 1. The Labute approximate surface area is 119 Å². The van der Waals surface area contributed by atoms with Gasteiger partial charge in [0.05, 0.1) is 12.5 Å². The summed E-state index contributed by atoms with van der Waals surface area (Å²) in [5.41, 5.74) is 1.33. The van der Waals surface area contributed by atoms with Crippen molar-refractivity contribution in [2.75, 3.05) is 10.6 Å². The van der Waals surface area contributed by atoms with E-state index in [0.29, 0.717) is 17.8 Å². The molecule has 1 unspecified atom stereocenters. The van der Waals surface area contributed by atoms with Crippen LogP contribution in [0.4, 0.5) is 11.4 Å². The van der Waals surface area contributed by atoms with Crippen molar-refractivity contribution in [3.63, 3.8) is 0 Å². The van der Waals surface area contributed by atoms with Crippen molar-refractivity contribution in [2.45, 2.75) is 39.7 Å². The molecule has 0 heterocycles. The van der Waals surface area contributed by atoms with Crippen LogP contribution in [0.1, 0.15) is 33.6 Å². The number of nitrogens with one attached hydrogen (secondary N) is 2. The Balaban J connectivity index is 2.53. The molecule has 0 saturated heterocycles. The quantitative estimate of drug-likeness (QED) is 0.747. The molecule has 1 rings (SSSR count). The van der Waals surface area contributed by atoms with Crippen LogP contribution < -0.4 is 10.6 Å². The van der Waals surface area contributed by atoms with Gasteiger partial charge in [0.25, 0.3) is 0 Å². The summed E-state index contributed by atoms with van der Waals surface area (Å²) in [6, 6.07) is 6.87. The number of hydrogen-bond donors (Lipinski definition) is 3. The average molecular weight is 278 g/mol. The molecule has 3 N–H and O–H groups in total. The van der Waals surface area contributed by atoms with Crippen LogP contribution in [0.25, 0.3) is 0 Å². The van der Waals surface area contributed by atoms with Gasteiger partial charge in [0, 0.05) is 17.8 Å². The van der Waals surface area contributed by atoms with Crippen molar-refractivity contribution in [1.29, 1.82) is 0 Å². The van der Waals surface area contributed by atoms with Gasteiger partial charge >= 0.3 is 0 Å². The summed E-state index contributed by atoms with van der Waals surface area (Å²) in [6.07, 6.45) is -0.143. The topological polar surface area (TPSA) is 78.4 Å². The third-order valence-electron chi connectivity index (χ3n) is 2.94. The second-order valence-electron chi connectivity index (χ2n) is 5.04. The maximum absolute atomic E-state index is 11.7. The summed E-state index contributed by atoms with van der Waals surface area (Å²) in [6.45, 7) is 5.51. The van der Waals surface area contributed by atoms with Gasteiger partial charge in [-0.15, -0.1) is 0 Å². The van der Waals surface area contributed by atoms with E-state index < -0.39 is 6.10 Å². The molecule has 0 aliphatic carbocycles. The van der Waals surface area contributed by atoms with Crippen LogP contribution in [0, 0.1) is 5.92 Å². The SMILES string of the molecule is CCC(=O)Nc1ccc(NC(=O)CC(O)C(C)C)cc1. The summed E-state index contributed by atoms with van der Waals surface area (Å²) < 4.78 is 0. The molecular formula is C15H22N2O3. The first-order chi connectivity index (χ1) is 9.42. The molecule has 20 heavy (non-hydrogen) atoms. The van der Waals surface area contributed by atoms with Gasteiger partial charge in [-0.3, -0.25) is 9.59 Å². The standard InChI is InChI=1S/C15H22N2O3/c1-4-14(19)16-11-5-7-12(8-6-11)17-15(20)9-13(18)10(2)3/h5-8,10,13,18H,4,9H2,1-3H3,(H,16,19)(H,17,20). The second kappa shape index (κ2) is 7.65. The van der Waals surface area contributed by atoms with Crippen LogP contribution in [0.5, 0.6) is 0 Å². The van der Waals surface area contributed by atoms with E-state index in [1.165, 1.54) is 0 Å². The Morgan fingerprint density at radius 3 is 1.90 bits per heavy atom. The maximum Gasteiger partial charge on any atom is 0.226 e. The van der Waals surface area contributed by atoms with Gasteiger partial charge in [0.1, 0.15) is 0 Å². The Bertz CT molecular complexity index is 455. The normalized spacial score (nSPS) is 12.1. The third kappa shape index (κ3) is 5.40. The van der Waals surface area contributed by atoms with Gasteiger partial charge in [-0.1, -0.05) is 20.8 Å². The highest BCUT2D eigenvalue weighted by molar-refractivity contribution is 5.93. The highest BCUT2D eigenvalue weighted by Crippen LogP contribution is 2.15. The van der Waals surface area contributed by atoms with Crippen molar-refractivity contribution >= 4 is 23.2 Å². The van der Waals surface area contributed by atoms with Crippen LogP contribution in [-0.2, 0) is 9.59 Å². The second-order valence-corrected chi connectivity index (χ2v) is 5.04. The molecular weight excluding hydrogens is 256 g/mol. The zero-order chi connectivity index (χ0) is 15.1. The molecule has 110 valence electrons. The molecule has 0 spiro atoms. The molecule has 1 aromatic rings. The van der Waals surface area contributed by atoms with Crippen LogP contribution in [-0.4, -0.2) is 23.0 Å². The maximum atomic E-state index is 11.7. The van der Waals surface area contributed by atoms with Gasteiger partial charge in [-0.05, 0) is 30.2 Å². The number of carbonyl (C=O) groups is 2. The largest absolute Gasteiger partial charge is 0.392 e. The molecule has 0 fully saturated rings. The smallest absolute Gasteiger partial charge is 0.226 e. The molecule has 5 nitrogen and oxygen atoms in total. The van der Waals surface area contributed by atoms with Crippen molar-refractivity contribution < 1.29 is 14.7 Å². The monoisotopic (exact) mass is 278 g/mol. The zero-order valence-electron chi connectivity index (χ0n) is 12.1. The zero-order valence-corrected chi connectivity index (χ0v) is 12.1. The van der Waals surface area contributed by atoms with E-state index in [-0.39, 0.29) is 24.2 Å². The Kier molecular flexibility index (Phi) is 6.18. The predicted octanol–water partition coefficient (Wildman–Crippen LogP) is 2.38. The van der Waals surface area contributed by atoms with Gasteiger partial charge in [-0.2, -0.15) is 0 Å². The van der Waals surface area contributed by atoms with Crippen LogP contribution in [0.3, 0.4) is 0 Å². The minimum atomic E-state index is -0.641. The van der Waals surface area contributed by atoms with E-state index in [4.69, 9.17) is 0 Å². The van der Waals surface area contributed by atoms with Gasteiger partial charge in [0.15, 0.2) is 0 Å². The van der Waals surface area contributed by atoms with Crippen LogP contribution >= 0.6 is 0 Å². The predicted molar refractivity (Wildman–Crippen MR) is 79.5 cm³/mol. The fraction of sp³-hybridized carbons (Fsp3) is 0.467. The lowest BCUT2D eigenvalue weighted by molar-refractivity contribution is -0.118. The summed E-state index contributed by atoms with van der Waals surface area (Å²) in [5.74, 6) is -0.231. The molecule has 0 aliphatic rings. The first kappa shape index (κ1) is 16.2. The van der Waals surface area contributed by atoms with E-state index >= 15 is 0 Å². The van der Waals surface area contributed by atoms with Crippen LogP contribution in [0.15, 0.2) is 24.3 Å². The van der Waals surface area contributed by atoms with Crippen molar-refractivity contribution in [3.05, 3.63) is 24.3 Å². The number of rotatable bonds is 6. The number of anilines is 2. The summed E-state index contributed by atoms with van der Waals surface area (Å²) >= 11 is 0. The van der Waals surface area contributed by atoms with E-state index in [1.807, 2.05) is 13.8 Å². The molecule has 0 bridgehead atoms. The molecule has 0 radical (unpaired) electrons. The fourth-order valence-electron chi connectivity index (χ4n) is 1.52. The third-order valence-corrected chi connectivity index (χ3v) is 2.94. The molecule has 0 aromatic heterocycles. The first-order valence-corrected chi connectivity index (χ1v) is 6.80. The van der Waals surface area contributed by atoms with Crippen molar-refractivity contribution in [1.82, 2.24) is 0 Å². The van der Waals surface area contributed by atoms with Crippen molar-refractivity contribution in [2.24, 2.45) is 5.92 Å². The number of aliphatic hydroxyl groups is 1. The summed E-state index contributed by atoms with van der Waals surface area (Å²) in [4.78, 5) is 22.9. The minimum Gasteiger partial charge on any atom is -0.392 e. The highest BCUT2D eigenvalue weighted by Gasteiger charge is 2.14. The number of hydrogen-bond acceptors (Lipinski definition) is 3. The van der Waals surface area contributed by atoms with Gasteiger partial charge < -0.3 is 15.7 Å². The first-order valence-electron chi connectivity index (χ1n) is 6.80. The van der Waals surface area contributed by atoms with Crippen LogP contribution in [0.2, 0.25) is 0 Å². The number of carbonyl (C=O) groups excluding carboxylic acids is 2. The lowest BCUT2D eigenvalue weighted by atomic mass is 10.0. The molecule has 0 aliphatic heterocycles. The van der Waals surface area contributed by atoms with Gasteiger partial charge in [0.2, 0.25) is 11.8 Å². The molecule has 1 atom stereocenters. The van der Waals surface area contributed by atoms with E-state index in [9.17, 15) is 14.7 Å². The van der Waals surface area contributed by atoms with Crippen molar-refractivity contribution in [3.8, 4) is 0 Å². The average Bonchev–Trinajstić information content (AvgIpc) is 2.40. The molecule has 0 saturated carbocycles. The molecule has 1 aromatic carbocycles. The minimum absolute atomic E-state index is 0.0485. The lowest BCUT2D eigenvalue weighted by Gasteiger charge is -2.14. The number of amides is 2. The Morgan fingerprint density at radius 1 is 1.05 bits per heavy atom. The molecule has 5 heteroatoms. The van der Waals surface area contributed by atoms with Gasteiger partial charge in [-0.25, -0.2) is 0 Å². The Hall–Kier alpha value is -1.88. The number of benzene rings is 1. The molecule has 2 amide bonds. The lowest BCUT2D eigenvalue weighted by Crippen LogP contribution is -2.23. The summed E-state index contributed by atoms with van der Waals surface area (Å²) in [5, 5.41) is 15.1. The van der Waals surface area contributed by atoms with E-state index in [2.05, 4.69) is 10.6 Å².